The summed E-state index contributed by atoms with van der Waals surface area (Å²) in [7, 11) is 0. The first kappa shape index (κ1) is 18.7. The SMILES string of the molecule is O=C(CSc1nnc(COc2cccc3cccnc23)o1)NC1CCCCC1. The molecule has 2 heterocycles. The van der Waals surface area contributed by atoms with E-state index in [1.807, 2.05) is 30.3 Å². The summed E-state index contributed by atoms with van der Waals surface area (Å²) >= 11 is 1.24. The Labute approximate surface area is 167 Å². The van der Waals surface area contributed by atoms with Crippen molar-refractivity contribution in [3.8, 4) is 5.75 Å². The Morgan fingerprint density at radius 1 is 1.18 bits per heavy atom. The lowest BCUT2D eigenvalue weighted by molar-refractivity contribution is -0.119. The quantitative estimate of drug-likeness (QED) is 0.606. The summed E-state index contributed by atoms with van der Waals surface area (Å²) in [6.07, 6.45) is 7.52. The van der Waals surface area contributed by atoms with Crippen LogP contribution in [0.2, 0.25) is 0 Å². The van der Waals surface area contributed by atoms with Gasteiger partial charge in [-0.2, -0.15) is 0 Å². The third-order valence-corrected chi connectivity index (χ3v) is 5.51. The predicted octanol–water partition coefficient (Wildman–Crippen LogP) is 3.74. The third kappa shape index (κ3) is 4.81. The van der Waals surface area contributed by atoms with Gasteiger partial charge in [0.15, 0.2) is 6.61 Å². The van der Waals surface area contributed by atoms with Gasteiger partial charge in [-0.05, 0) is 25.0 Å². The topological polar surface area (TPSA) is 90.1 Å². The number of para-hydroxylation sites is 1. The molecule has 0 unspecified atom stereocenters. The first-order valence-corrected chi connectivity index (χ1v) is 10.5. The van der Waals surface area contributed by atoms with Crippen LogP contribution in [0.1, 0.15) is 38.0 Å². The van der Waals surface area contributed by atoms with Crippen LogP contribution in [-0.2, 0) is 11.4 Å². The zero-order valence-electron chi connectivity index (χ0n) is 15.5. The molecule has 4 rings (SSSR count). The Balaban J connectivity index is 1.27. The van der Waals surface area contributed by atoms with Crippen molar-refractivity contribution >= 4 is 28.6 Å². The van der Waals surface area contributed by atoms with Crippen LogP contribution in [0.3, 0.4) is 0 Å². The maximum Gasteiger partial charge on any atom is 0.277 e. The molecule has 1 aliphatic rings. The van der Waals surface area contributed by atoms with Crippen molar-refractivity contribution in [1.82, 2.24) is 20.5 Å². The zero-order valence-corrected chi connectivity index (χ0v) is 16.3. The maximum atomic E-state index is 12.1. The van der Waals surface area contributed by atoms with Gasteiger partial charge in [0.1, 0.15) is 11.3 Å². The molecular weight excluding hydrogens is 376 g/mol. The fraction of sp³-hybridized carbons (Fsp3) is 0.400. The van der Waals surface area contributed by atoms with Crippen LogP contribution < -0.4 is 10.1 Å². The molecular formula is C20H22N4O3S. The number of ether oxygens (including phenoxy) is 1. The van der Waals surface area contributed by atoms with Gasteiger partial charge in [0.25, 0.3) is 11.1 Å². The van der Waals surface area contributed by atoms with Gasteiger partial charge < -0.3 is 14.5 Å². The highest BCUT2D eigenvalue weighted by atomic mass is 32.2. The molecule has 2 aromatic heterocycles. The minimum absolute atomic E-state index is 0.00901. The fourth-order valence-electron chi connectivity index (χ4n) is 3.33. The van der Waals surface area contributed by atoms with Gasteiger partial charge in [-0.15, -0.1) is 10.2 Å². The molecule has 3 aromatic rings. The van der Waals surface area contributed by atoms with Crippen LogP contribution in [-0.4, -0.2) is 32.9 Å². The molecule has 1 aliphatic carbocycles. The standard InChI is InChI=1S/C20H22N4O3S/c25-17(22-15-8-2-1-3-9-15)13-28-20-24-23-18(27-20)12-26-16-10-4-6-14-7-5-11-21-19(14)16/h4-7,10-11,15H,1-3,8-9,12-13H2,(H,22,25). The van der Waals surface area contributed by atoms with Gasteiger partial charge in [0.05, 0.1) is 5.75 Å². The van der Waals surface area contributed by atoms with Crippen LogP contribution >= 0.6 is 11.8 Å². The number of carbonyl (C=O) groups excluding carboxylic acids is 1. The molecule has 1 fully saturated rings. The van der Waals surface area contributed by atoms with Crippen molar-refractivity contribution in [2.75, 3.05) is 5.75 Å². The van der Waals surface area contributed by atoms with Gasteiger partial charge >= 0.3 is 0 Å². The van der Waals surface area contributed by atoms with Crippen LogP contribution in [0.25, 0.3) is 10.9 Å². The van der Waals surface area contributed by atoms with Gasteiger partial charge in [0, 0.05) is 17.6 Å². The molecule has 0 saturated heterocycles. The van der Waals surface area contributed by atoms with E-state index in [1.165, 1.54) is 31.0 Å². The summed E-state index contributed by atoms with van der Waals surface area (Å²) < 4.78 is 11.4. The van der Waals surface area contributed by atoms with Gasteiger partial charge in [-0.3, -0.25) is 9.78 Å². The molecule has 0 radical (unpaired) electrons. The number of pyridine rings is 1. The second-order valence-electron chi connectivity index (χ2n) is 6.77. The first-order valence-electron chi connectivity index (χ1n) is 9.49. The molecule has 8 heteroatoms. The number of carbonyl (C=O) groups is 1. The Hall–Kier alpha value is -2.61. The number of thioether (sulfide) groups is 1. The number of fused-ring (bicyclic) bond motifs is 1. The molecule has 0 atom stereocenters. The molecule has 28 heavy (non-hydrogen) atoms. The van der Waals surface area contributed by atoms with Crippen LogP contribution in [0, 0.1) is 0 Å². The largest absolute Gasteiger partial charge is 0.482 e. The molecule has 1 saturated carbocycles. The lowest BCUT2D eigenvalue weighted by atomic mass is 9.95. The summed E-state index contributed by atoms with van der Waals surface area (Å²) in [5.41, 5.74) is 0.790. The number of rotatable bonds is 7. The van der Waals surface area contributed by atoms with E-state index >= 15 is 0 Å². The fourth-order valence-corrected chi connectivity index (χ4v) is 3.92. The van der Waals surface area contributed by atoms with E-state index in [-0.39, 0.29) is 18.3 Å². The van der Waals surface area contributed by atoms with Gasteiger partial charge in [0.2, 0.25) is 5.91 Å². The van der Waals surface area contributed by atoms with E-state index in [0.717, 1.165) is 23.7 Å². The predicted molar refractivity (Wildman–Crippen MR) is 106 cm³/mol. The number of hydrogen-bond acceptors (Lipinski definition) is 7. The molecule has 0 aliphatic heterocycles. The highest BCUT2D eigenvalue weighted by molar-refractivity contribution is 7.99. The summed E-state index contributed by atoms with van der Waals surface area (Å²) in [5, 5.41) is 12.4. The summed E-state index contributed by atoms with van der Waals surface area (Å²) in [6, 6.07) is 9.93. The van der Waals surface area contributed by atoms with E-state index in [9.17, 15) is 4.79 Å². The van der Waals surface area contributed by atoms with Gasteiger partial charge in [-0.25, -0.2) is 0 Å². The number of nitrogens with zero attached hydrogens (tertiary/aromatic N) is 3. The monoisotopic (exact) mass is 398 g/mol. The van der Waals surface area contributed by atoms with E-state index in [0.29, 0.717) is 22.9 Å². The number of amides is 1. The maximum absolute atomic E-state index is 12.1. The van der Waals surface area contributed by atoms with E-state index in [2.05, 4.69) is 20.5 Å². The molecule has 1 N–H and O–H groups in total. The third-order valence-electron chi connectivity index (χ3n) is 4.69. The molecule has 0 spiro atoms. The highest BCUT2D eigenvalue weighted by Gasteiger charge is 2.17. The van der Waals surface area contributed by atoms with Crippen LogP contribution in [0.4, 0.5) is 0 Å². The smallest absolute Gasteiger partial charge is 0.277 e. The normalized spacial score (nSPS) is 14.9. The molecule has 7 nitrogen and oxygen atoms in total. The van der Waals surface area contributed by atoms with E-state index in [1.54, 1.807) is 6.20 Å². The summed E-state index contributed by atoms with van der Waals surface area (Å²) in [6.45, 7) is 0.150. The molecule has 146 valence electrons. The van der Waals surface area contributed by atoms with Crippen molar-refractivity contribution in [1.29, 1.82) is 0 Å². The Morgan fingerprint density at radius 3 is 2.93 bits per heavy atom. The highest BCUT2D eigenvalue weighted by Crippen LogP contribution is 2.24. The molecule has 1 amide bonds. The average Bonchev–Trinajstić information content (AvgIpc) is 3.19. The van der Waals surface area contributed by atoms with E-state index in [4.69, 9.17) is 9.15 Å². The van der Waals surface area contributed by atoms with Crippen molar-refractivity contribution < 1.29 is 13.9 Å². The molecule has 0 bridgehead atoms. The minimum atomic E-state index is 0.00901. The average molecular weight is 398 g/mol. The Kier molecular flexibility index (Phi) is 6.06. The van der Waals surface area contributed by atoms with Crippen LogP contribution in [0.15, 0.2) is 46.2 Å². The zero-order chi connectivity index (χ0) is 19.2. The van der Waals surface area contributed by atoms with Crippen molar-refractivity contribution in [2.45, 2.75) is 50.0 Å². The Morgan fingerprint density at radius 2 is 2.04 bits per heavy atom. The molecule has 1 aromatic carbocycles. The number of benzene rings is 1. The minimum Gasteiger partial charge on any atom is -0.482 e. The number of hydrogen-bond donors (Lipinski definition) is 1. The van der Waals surface area contributed by atoms with Gasteiger partial charge in [-0.1, -0.05) is 49.2 Å². The van der Waals surface area contributed by atoms with E-state index < -0.39 is 0 Å². The number of nitrogens with one attached hydrogen (secondary N) is 1. The lowest BCUT2D eigenvalue weighted by Crippen LogP contribution is -2.37. The van der Waals surface area contributed by atoms with Crippen molar-refractivity contribution in [2.24, 2.45) is 0 Å². The second-order valence-corrected chi connectivity index (χ2v) is 7.70. The summed E-state index contributed by atoms with van der Waals surface area (Å²) in [5.74, 6) is 1.31. The van der Waals surface area contributed by atoms with Crippen molar-refractivity contribution in [3.63, 3.8) is 0 Å². The Bertz CT molecular complexity index is 935. The van der Waals surface area contributed by atoms with Crippen LogP contribution in [0.5, 0.6) is 5.75 Å². The first-order chi connectivity index (χ1) is 13.8. The number of aromatic nitrogens is 3. The summed E-state index contributed by atoms with van der Waals surface area (Å²) in [4.78, 5) is 16.4. The van der Waals surface area contributed by atoms with Crippen molar-refractivity contribution in [3.05, 3.63) is 42.4 Å². The lowest BCUT2D eigenvalue weighted by Gasteiger charge is -2.22. The second kappa shape index (κ2) is 9.05.